The Morgan fingerprint density at radius 2 is 2.19 bits per heavy atom. The summed E-state index contributed by atoms with van der Waals surface area (Å²) in [7, 11) is -2.85. The van der Waals surface area contributed by atoms with Crippen LogP contribution >= 0.6 is 0 Å². The van der Waals surface area contributed by atoms with Gasteiger partial charge in [0.15, 0.2) is 0 Å². The zero-order valence-electron chi connectivity index (χ0n) is 10.2. The van der Waals surface area contributed by atoms with Gasteiger partial charge in [0.2, 0.25) is 0 Å². The molecule has 1 heterocycles. The van der Waals surface area contributed by atoms with Crippen LogP contribution in [0.2, 0.25) is 0 Å². The molecule has 0 saturated carbocycles. The van der Waals surface area contributed by atoms with E-state index in [2.05, 4.69) is 0 Å². The van der Waals surface area contributed by atoms with Crippen molar-refractivity contribution in [3.05, 3.63) is 0 Å². The topological polar surface area (TPSA) is 69.4 Å². The van der Waals surface area contributed by atoms with E-state index in [1.807, 2.05) is 6.92 Å². The Kier molecular flexibility index (Phi) is 4.76. The molecule has 1 saturated heterocycles. The summed E-state index contributed by atoms with van der Waals surface area (Å²) in [5.74, 6) is 0.462. The minimum absolute atomic E-state index is 0.0537. The second-order valence-electron chi connectivity index (χ2n) is 4.75. The van der Waals surface area contributed by atoms with Crippen LogP contribution in [0.25, 0.3) is 0 Å². The first-order valence-corrected chi connectivity index (χ1v) is 7.82. The van der Waals surface area contributed by atoms with E-state index in [1.165, 1.54) is 0 Å². The maximum Gasteiger partial charge on any atom is 0.150 e. The number of rotatable bonds is 6. The molecule has 0 bridgehead atoms. The van der Waals surface area contributed by atoms with Crippen LogP contribution in [0, 0.1) is 0 Å². The molecule has 0 aliphatic carbocycles. The summed E-state index contributed by atoms with van der Waals surface area (Å²) in [5, 5.41) is 0. The first-order valence-electron chi connectivity index (χ1n) is 5.99. The van der Waals surface area contributed by atoms with Crippen molar-refractivity contribution in [2.24, 2.45) is 5.73 Å². The highest BCUT2D eigenvalue weighted by Crippen LogP contribution is 2.29. The van der Waals surface area contributed by atoms with Gasteiger partial charge < -0.3 is 10.5 Å². The largest absolute Gasteiger partial charge is 0.374 e. The molecule has 1 aliphatic heterocycles. The first kappa shape index (κ1) is 13.9. The second kappa shape index (κ2) is 5.47. The second-order valence-corrected chi connectivity index (χ2v) is 7.22. The summed E-state index contributed by atoms with van der Waals surface area (Å²) in [4.78, 5) is 0. The molecule has 2 N–H and O–H groups in total. The van der Waals surface area contributed by atoms with Gasteiger partial charge in [0, 0.05) is 18.4 Å². The molecule has 0 aromatic carbocycles. The number of nitrogens with two attached hydrogens (primary N) is 1. The van der Waals surface area contributed by atoms with E-state index in [1.54, 1.807) is 6.92 Å². The third kappa shape index (κ3) is 3.71. The highest BCUT2D eigenvalue weighted by atomic mass is 32.2. The molecule has 0 aromatic heterocycles. The molecule has 2 unspecified atom stereocenters. The van der Waals surface area contributed by atoms with E-state index in [0.29, 0.717) is 6.42 Å². The molecule has 0 spiro atoms. The SMILES string of the molecule is CCS(=O)(=O)CCCC(N)C1(C)CCCO1. The van der Waals surface area contributed by atoms with Gasteiger partial charge in [-0.25, -0.2) is 8.42 Å². The van der Waals surface area contributed by atoms with Gasteiger partial charge in [-0.2, -0.15) is 0 Å². The number of ether oxygens (including phenoxy) is 1. The van der Waals surface area contributed by atoms with Crippen LogP contribution in [0.4, 0.5) is 0 Å². The van der Waals surface area contributed by atoms with Gasteiger partial charge in [-0.05, 0) is 32.6 Å². The summed E-state index contributed by atoms with van der Waals surface area (Å²) in [5.41, 5.74) is 5.82. The Morgan fingerprint density at radius 3 is 2.69 bits per heavy atom. The Balaban J connectivity index is 2.33. The van der Waals surface area contributed by atoms with E-state index in [0.717, 1.165) is 25.9 Å². The Morgan fingerprint density at radius 1 is 1.50 bits per heavy atom. The number of sulfone groups is 1. The summed E-state index contributed by atoms with van der Waals surface area (Å²) in [6.45, 7) is 4.48. The lowest BCUT2D eigenvalue weighted by Crippen LogP contribution is -2.45. The Labute approximate surface area is 98.5 Å². The molecule has 5 heteroatoms. The molecule has 1 rings (SSSR count). The van der Waals surface area contributed by atoms with Gasteiger partial charge in [0.25, 0.3) is 0 Å². The molecule has 1 aliphatic rings. The molecule has 0 amide bonds. The third-order valence-electron chi connectivity index (χ3n) is 3.44. The van der Waals surface area contributed by atoms with Crippen LogP contribution in [0.15, 0.2) is 0 Å². The lowest BCUT2D eigenvalue weighted by Gasteiger charge is -2.30. The average molecular weight is 249 g/mol. The van der Waals surface area contributed by atoms with Crippen molar-refractivity contribution < 1.29 is 13.2 Å². The fourth-order valence-electron chi connectivity index (χ4n) is 2.07. The van der Waals surface area contributed by atoms with Gasteiger partial charge in [0.1, 0.15) is 9.84 Å². The summed E-state index contributed by atoms with van der Waals surface area (Å²) in [6.07, 6.45) is 3.39. The van der Waals surface area contributed by atoms with Crippen LogP contribution in [0.1, 0.15) is 39.5 Å². The summed E-state index contributed by atoms with van der Waals surface area (Å²) in [6, 6.07) is -0.0537. The smallest absolute Gasteiger partial charge is 0.150 e. The number of hydrogen-bond acceptors (Lipinski definition) is 4. The minimum Gasteiger partial charge on any atom is -0.374 e. The van der Waals surface area contributed by atoms with Crippen LogP contribution in [0.5, 0.6) is 0 Å². The molecule has 0 radical (unpaired) electrons. The fourth-order valence-corrected chi connectivity index (χ4v) is 2.96. The van der Waals surface area contributed by atoms with E-state index in [9.17, 15) is 8.42 Å². The van der Waals surface area contributed by atoms with Crippen molar-refractivity contribution in [1.82, 2.24) is 0 Å². The monoisotopic (exact) mass is 249 g/mol. The van der Waals surface area contributed by atoms with Gasteiger partial charge >= 0.3 is 0 Å². The van der Waals surface area contributed by atoms with Crippen molar-refractivity contribution in [1.29, 1.82) is 0 Å². The maximum absolute atomic E-state index is 11.3. The fraction of sp³-hybridized carbons (Fsp3) is 1.00. The zero-order valence-corrected chi connectivity index (χ0v) is 11.1. The number of hydrogen-bond donors (Lipinski definition) is 1. The zero-order chi connectivity index (χ0) is 12.2. The molecular weight excluding hydrogens is 226 g/mol. The quantitative estimate of drug-likeness (QED) is 0.765. The van der Waals surface area contributed by atoms with Crippen molar-refractivity contribution in [3.8, 4) is 0 Å². The van der Waals surface area contributed by atoms with E-state index in [4.69, 9.17) is 10.5 Å². The summed E-state index contributed by atoms with van der Waals surface area (Å²) < 4.78 is 28.3. The molecule has 1 fully saturated rings. The van der Waals surface area contributed by atoms with Gasteiger partial charge in [0.05, 0.1) is 11.4 Å². The highest BCUT2D eigenvalue weighted by molar-refractivity contribution is 7.91. The van der Waals surface area contributed by atoms with Crippen molar-refractivity contribution in [3.63, 3.8) is 0 Å². The average Bonchev–Trinajstić information content (AvgIpc) is 2.66. The predicted molar refractivity (Wildman–Crippen MR) is 65.1 cm³/mol. The minimum atomic E-state index is -2.85. The molecule has 96 valence electrons. The standard InChI is InChI=1S/C11H23NO3S/c1-3-16(13,14)9-4-6-10(12)11(2)7-5-8-15-11/h10H,3-9,12H2,1-2H3. The van der Waals surface area contributed by atoms with Crippen molar-refractivity contribution in [2.75, 3.05) is 18.1 Å². The molecular formula is C11H23NO3S. The third-order valence-corrected chi connectivity index (χ3v) is 5.23. The van der Waals surface area contributed by atoms with Crippen molar-refractivity contribution in [2.45, 2.75) is 51.2 Å². The van der Waals surface area contributed by atoms with Crippen molar-refractivity contribution >= 4 is 9.84 Å². The van der Waals surface area contributed by atoms with Gasteiger partial charge in [-0.1, -0.05) is 6.92 Å². The Bertz CT molecular complexity index is 307. The maximum atomic E-state index is 11.3. The Hall–Kier alpha value is -0.130. The van der Waals surface area contributed by atoms with Crippen LogP contribution in [-0.2, 0) is 14.6 Å². The van der Waals surface area contributed by atoms with E-state index >= 15 is 0 Å². The summed E-state index contributed by atoms with van der Waals surface area (Å²) >= 11 is 0. The van der Waals surface area contributed by atoms with E-state index in [-0.39, 0.29) is 23.1 Å². The molecule has 0 aromatic rings. The van der Waals surface area contributed by atoms with Gasteiger partial charge in [-0.3, -0.25) is 0 Å². The predicted octanol–water partition coefficient (Wildman–Crippen LogP) is 1.10. The molecule has 16 heavy (non-hydrogen) atoms. The van der Waals surface area contributed by atoms with Crippen LogP contribution in [-0.4, -0.2) is 38.2 Å². The highest BCUT2D eigenvalue weighted by Gasteiger charge is 2.35. The van der Waals surface area contributed by atoms with Gasteiger partial charge in [-0.15, -0.1) is 0 Å². The molecule has 4 nitrogen and oxygen atoms in total. The normalized spacial score (nSPS) is 28.2. The molecule has 2 atom stereocenters. The van der Waals surface area contributed by atoms with Crippen LogP contribution in [0.3, 0.4) is 0 Å². The van der Waals surface area contributed by atoms with E-state index < -0.39 is 9.84 Å². The lowest BCUT2D eigenvalue weighted by atomic mass is 9.91. The first-order chi connectivity index (χ1) is 7.40. The lowest BCUT2D eigenvalue weighted by molar-refractivity contribution is -0.00317. The van der Waals surface area contributed by atoms with Crippen LogP contribution < -0.4 is 5.73 Å².